The highest BCUT2D eigenvalue weighted by Gasteiger charge is 2.49. The van der Waals surface area contributed by atoms with E-state index in [1.807, 2.05) is 19.1 Å². The maximum atomic E-state index is 14.4. The molecule has 0 saturated carbocycles. The van der Waals surface area contributed by atoms with E-state index in [1.165, 1.54) is 16.3 Å². The summed E-state index contributed by atoms with van der Waals surface area (Å²) >= 11 is 2.34. The fourth-order valence-corrected chi connectivity index (χ4v) is 9.06. The zero-order valence-electron chi connectivity index (χ0n) is 30.0. The Labute approximate surface area is 309 Å². The van der Waals surface area contributed by atoms with Crippen molar-refractivity contribution < 1.29 is 19.1 Å². The molecule has 0 spiro atoms. The van der Waals surface area contributed by atoms with E-state index in [-0.39, 0.29) is 22.4 Å². The number of hydrogen-bond acceptors (Lipinski definition) is 5. The van der Waals surface area contributed by atoms with Gasteiger partial charge >= 0.3 is 0 Å². The molecule has 7 rings (SSSR count). The SMILES string of the molecule is CCOc1cc(C2C3=C(CC(C)(C)CC3=O)N(Cc3ccccc3)C3=C2C(=O)CC(C)(C)C3)cc(I)c1OCc1c(C)ccc2ccccc12. The fourth-order valence-electron chi connectivity index (χ4n) is 8.28. The lowest BCUT2D eigenvalue weighted by Gasteiger charge is -2.49. The van der Waals surface area contributed by atoms with E-state index in [0.29, 0.717) is 44.1 Å². The van der Waals surface area contributed by atoms with Gasteiger partial charge in [0.1, 0.15) is 6.61 Å². The van der Waals surface area contributed by atoms with Crippen molar-refractivity contribution in [2.75, 3.05) is 6.61 Å². The van der Waals surface area contributed by atoms with Crippen LogP contribution in [-0.2, 0) is 22.7 Å². The van der Waals surface area contributed by atoms with Crippen molar-refractivity contribution in [3.05, 3.63) is 127 Å². The van der Waals surface area contributed by atoms with Crippen LogP contribution in [0.5, 0.6) is 11.5 Å². The van der Waals surface area contributed by atoms with Crippen molar-refractivity contribution in [3.63, 3.8) is 0 Å². The summed E-state index contributed by atoms with van der Waals surface area (Å²) in [6.07, 6.45) is 2.43. The van der Waals surface area contributed by atoms with Gasteiger partial charge < -0.3 is 14.4 Å². The van der Waals surface area contributed by atoms with E-state index in [4.69, 9.17) is 9.47 Å². The minimum Gasteiger partial charge on any atom is -0.490 e. The summed E-state index contributed by atoms with van der Waals surface area (Å²) in [6.45, 7) is 14.3. The quantitative estimate of drug-likeness (QED) is 0.167. The first kappa shape index (κ1) is 34.5. The first-order valence-corrected chi connectivity index (χ1v) is 18.8. The second-order valence-corrected chi connectivity index (χ2v) is 16.9. The molecule has 258 valence electrons. The maximum absolute atomic E-state index is 14.4. The molecule has 0 N–H and O–H groups in total. The van der Waals surface area contributed by atoms with Gasteiger partial charge in [0.25, 0.3) is 0 Å². The monoisotopic (exact) mass is 779 g/mol. The maximum Gasteiger partial charge on any atom is 0.174 e. The van der Waals surface area contributed by atoms with E-state index in [2.05, 4.69) is 129 Å². The Balaban J connectivity index is 1.37. The number of Topliss-reactive ketones (excluding diaryl/α,β-unsaturated/α-hetero) is 2. The van der Waals surface area contributed by atoms with Crippen LogP contribution in [0.2, 0.25) is 0 Å². The summed E-state index contributed by atoms with van der Waals surface area (Å²) in [6, 6.07) is 27.2. The van der Waals surface area contributed by atoms with Crippen molar-refractivity contribution in [2.24, 2.45) is 10.8 Å². The Morgan fingerprint density at radius 2 is 1.40 bits per heavy atom. The van der Waals surface area contributed by atoms with E-state index in [1.54, 1.807) is 0 Å². The summed E-state index contributed by atoms with van der Waals surface area (Å²) in [5, 5.41) is 2.36. The highest BCUT2D eigenvalue weighted by atomic mass is 127. The molecule has 1 aliphatic heterocycles. The smallest absolute Gasteiger partial charge is 0.174 e. The molecule has 4 aromatic carbocycles. The number of aryl methyl sites for hydroxylation is 1. The Morgan fingerprint density at radius 1 is 0.780 bits per heavy atom. The van der Waals surface area contributed by atoms with Gasteiger partial charge in [-0.25, -0.2) is 0 Å². The molecule has 0 atom stereocenters. The summed E-state index contributed by atoms with van der Waals surface area (Å²) in [5.41, 5.74) is 7.66. The molecule has 0 unspecified atom stereocenters. The topological polar surface area (TPSA) is 55.8 Å². The Kier molecular flexibility index (Phi) is 9.21. The number of ether oxygens (including phenoxy) is 2. The van der Waals surface area contributed by atoms with Gasteiger partial charge in [-0.15, -0.1) is 0 Å². The minimum atomic E-state index is -0.457. The lowest BCUT2D eigenvalue weighted by atomic mass is 9.63. The summed E-state index contributed by atoms with van der Waals surface area (Å²) < 4.78 is 13.8. The fraction of sp³-hybridized carbons (Fsp3) is 0.364. The number of nitrogens with zero attached hydrogens (tertiary/aromatic N) is 1. The van der Waals surface area contributed by atoms with Crippen molar-refractivity contribution in [1.29, 1.82) is 0 Å². The number of allylic oxidation sites excluding steroid dienone is 4. The van der Waals surface area contributed by atoms with Gasteiger partial charge in [0.2, 0.25) is 0 Å². The number of rotatable bonds is 8. The number of benzene rings is 4. The molecule has 2 aliphatic carbocycles. The number of hydrogen-bond donors (Lipinski definition) is 0. The van der Waals surface area contributed by atoms with Gasteiger partial charge in [-0.3, -0.25) is 9.59 Å². The summed E-state index contributed by atoms with van der Waals surface area (Å²) in [4.78, 5) is 31.2. The van der Waals surface area contributed by atoms with Crippen LogP contribution in [0.4, 0.5) is 0 Å². The first-order chi connectivity index (χ1) is 23.9. The van der Waals surface area contributed by atoms with Crippen molar-refractivity contribution in [3.8, 4) is 11.5 Å². The Bertz CT molecular complexity index is 2020. The van der Waals surface area contributed by atoms with Gasteiger partial charge in [-0.1, -0.05) is 94.4 Å². The number of halogens is 1. The molecular formula is C44H46INO4. The molecule has 0 amide bonds. The van der Waals surface area contributed by atoms with Crippen molar-refractivity contribution >= 4 is 44.9 Å². The van der Waals surface area contributed by atoms with Gasteiger partial charge in [-0.05, 0) is 99.7 Å². The molecule has 0 radical (unpaired) electrons. The largest absolute Gasteiger partial charge is 0.490 e. The highest BCUT2D eigenvalue weighted by Crippen LogP contribution is 2.55. The summed E-state index contributed by atoms with van der Waals surface area (Å²) in [7, 11) is 0. The molecule has 0 saturated heterocycles. The molecular weight excluding hydrogens is 733 g/mol. The minimum absolute atomic E-state index is 0.128. The second-order valence-electron chi connectivity index (χ2n) is 15.7. The van der Waals surface area contributed by atoms with E-state index in [9.17, 15) is 9.59 Å². The first-order valence-electron chi connectivity index (χ1n) is 17.8. The Morgan fingerprint density at radius 3 is 2.04 bits per heavy atom. The van der Waals surface area contributed by atoms with Gasteiger partial charge in [0.05, 0.1) is 10.2 Å². The third-order valence-electron chi connectivity index (χ3n) is 10.5. The molecule has 3 aliphatic rings. The molecule has 5 nitrogen and oxygen atoms in total. The summed E-state index contributed by atoms with van der Waals surface area (Å²) in [5.74, 6) is 1.11. The number of carbonyl (C=O) groups excluding carboxylic acids is 2. The van der Waals surface area contributed by atoms with Crippen molar-refractivity contribution in [1.82, 2.24) is 4.90 Å². The third kappa shape index (κ3) is 6.52. The molecule has 50 heavy (non-hydrogen) atoms. The average Bonchev–Trinajstić information content (AvgIpc) is 3.05. The average molecular weight is 780 g/mol. The normalized spacial score (nSPS) is 18.7. The molecule has 0 bridgehead atoms. The van der Waals surface area contributed by atoms with Crippen LogP contribution in [0.1, 0.15) is 88.5 Å². The molecule has 0 aromatic heterocycles. The lowest BCUT2D eigenvalue weighted by Crippen LogP contribution is -2.44. The number of ketones is 2. The van der Waals surface area contributed by atoms with E-state index in [0.717, 1.165) is 55.6 Å². The zero-order valence-corrected chi connectivity index (χ0v) is 32.1. The van der Waals surface area contributed by atoms with Crippen LogP contribution in [-0.4, -0.2) is 23.1 Å². The van der Waals surface area contributed by atoms with Crippen LogP contribution in [0.15, 0.2) is 101 Å². The molecule has 1 heterocycles. The molecule has 0 fully saturated rings. The molecule has 6 heteroatoms. The Hall–Kier alpha value is -3.91. The van der Waals surface area contributed by atoms with Crippen LogP contribution in [0.25, 0.3) is 10.8 Å². The van der Waals surface area contributed by atoms with Crippen LogP contribution >= 0.6 is 22.6 Å². The van der Waals surface area contributed by atoms with Gasteiger partial charge in [0.15, 0.2) is 23.1 Å². The lowest BCUT2D eigenvalue weighted by molar-refractivity contribution is -0.119. The van der Waals surface area contributed by atoms with Gasteiger partial charge in [-0.2, -0.15) is 0 Å². The number of fused-ring (bicyclic) bond motifs is 1. The van der Waals surface area contributed by atoms with Crippen molar-refractivity contribution in [2.45, 2.75) is 86.3 Å². The van der Waals surface area contributed by atoms with Crippen LogP contribution < -0.4 is 9.47 Å². The van der Waals surface area contributed by atoms with Crippen LogP contribution in [0, 0.1) is 21.3 Å². The zero-order chi connectivity index (χ0) is 35.4. The standard InChI is InChI=1S/C44H46INO4/c1-7-49-38-20-30(19-33(45)42(38)50-26-32-27(2)17-18-29-15-11-12-16-31(29)32)39-40-34(21-43(3,4)23-36(40)47)46(25-28-13-9-8-10-14-28)35-22-44(5,6)24-37(48)41(35)39/h8-20,39H,7,21-26H2,1-6H3. The van der Waals surface area contributed by atoms with E-state index < -0.39 is 5.92 Å². The van der Waals surface area contributed by atoms with Gasteiger partial charge in [0, 0.05) is 53.4 Å². The number of carbonyl (C=O) groups is 2. The predicted molar refractivity (Wildman–Crippen MR) is 208 cm³/mol. The predicted octanol–water partition coefficient (Wildman–Crippen LogP) is 10.6. The van der Waals surface area contributed by atoms with Crippen LogP contribution in [0.3, 0.4) is 0 Å². The highest BCUT2D eigenvalue weighted by molar-refractivity contribution is 14.1. The van der Waals surface area contributed by atoms with E-state index >= 15 is 0 Å². The molecule has 4 aromatic rings. The second kappa shape index (κ2) is 13.3. The third-order valence-corrected chi connectivity index (χ3v) is 11.3.